The van der Waals surface area contributed by atoms with Crippen molar-refractivity contribution in [2.24, 2.45) is 5.73 Å². The fraction of sp³-hybridized carbons (Fsp3) is 0.107. The Bertz CT molecular complexity index is 1580. The summed E-state index contributed by atoms with van der Waals surface area (Å²) in [5.41, 5.74) is 9.33. The summed E-state index contributed by atoms with van der Waals surface area (Å²) in [6.07, 6.45) is -0.184. The highest BCUT2D eigenvalue weighted by molar-refractivity contribution is 5.99. The van der Waals surface area contributed by atoms with Crippen LogP contribution >= 0.6 is 0 Å². The molecule has 4 aromatic rings. The van der Waals surface area contributed by atoms with Crippen molar-refractivity contribution < 1.29 is 14.7 Å². The molecule has 0 fully saturated rings. The molecule has 0 bridgehead atoms. The van der Waals surface area contributed by atoms with Crippen molar-refractivity contribution in [1.82, 2.24) is 19.7 Å². The van der Waals surface area contributed by atoms with E-state index in [4.69, 9.17) is 11.1 Å². The Morgan fingerprint density at radius 2 is 1.70 bits per heavy atom. The van der Waals surface area contributed by atoms with Crippen LogP contribution in [-0.4, -0.2) is 49.0 Å². The van der Waals surface area contributed by atoms with Crippen molar-refractivity contribution in [3.63, 3.8) is 0 Å². The number of carboxylic acids is 1. The third-order valence-electron chi connectivity index (χ3n) is 5.99. The molecule has 0 unspecified atom stereocenters. The quantitative estimate of drug-likeness (QED) is 0.223. The lowest BCUT2D eigenvalue weighted by Gasteiger charge is -2.19. The molecule has 0 saturated heterocycles. The first-order valence-corrected chi connectivity index (χ1v) is 11.5. The van der Waals surface area contributed by atoms with Crippen LogP contribution in [0.15, 0.2) is 72.8 Å². The number of aliphatic carboxylic acids is 1. The van der Waals surface area contributed by atoms with E-state index in [1.54, 1.807) is 30.3 Å². The van der Waals surface area contributed by atoms with Gasteiger partial charge >= 0.3 is 5.97 Å². The molecule has 1 amide bonds. The average molecular weight is 491 g/mol. The second kappa shape index (κ2) is 9.79. The molecular weight excluding hydrogens is 468 g/mol. The van der Waals surface area contributed by atoms with Crippen LogP contribution in [0.25, 0.3) is 17.1 Å². The number of carbonyl (C=O) groups is 2. The first kappa shape index (κ1) is 23.5. The van der Waals surface area contributed by atoms with Crippen molar-refractivity contribution in [2.75, 3.05) is 6.54 Å². The summed E-state index contributed by atoms with van der Waals surface area (Å²) in [5.74, 6) is 6.00. The van der Waals surface area contributed by atoms with Crippen molar-refractivity contribution >= 4 is 17.7 Å². The van der Waals surface area contributed by atoms with Gasteiger partial charge in [-0.1, -0.05) is 54.3 Å². The van der Waals surface area contributed by atoms with E-state index in [-0.39, 0.29) is 31.3 Å². The second-order valence-corrected chi connectivity index (χ2v) is 8.48. The second-order valence-electron chi connectivity index (χ2n) is 8.48. The molecule has 0 spiro atoms. The Morgan fingerprint density at radius 3 is 2.41 bits per heavy atom. The Labute approximate surface area is 212 Å². The number of nitrogens with two attached hydrogens (primary N) is 1. The fourth-order valence-electron chi connectivity index (χ4n) is 4.13. The normalized spacial score (nSPS) is 12.1. The van der Waals surface area contributed by atoms with Crippen LogP contribution in [0.3, 0.4) is 0 Å². The molecule has 1 aliphatic rings. The Balaban J connectivity index is 1.58. The van der Waals surface area contributed by atoms with Crippen LogP contribution in [0.4, 0.5) is 0 Å². The van der Waals surface area contributed by atoms with Gasteiger partial charge < -0.3 is 15.7 Å². The van der Waals surface area contributed by atoms with Gasteiger partial charge in [0.2, 0.25) is 0 Å². The zero-order valence-electron chi connectivity index (χ0n) is 19.7. The minimum atomic E-state index is -0.987. The SMILES string of the molecule is N=C(N)c1ccc(C#Cc2ccc3c(c2)C(=O)N(CCC(=O)O)Cc2nnc(-c4ccccc4)n2-3)cc1. The predicted octanol–water partition coefficient (Wildman–Crippen LogP) is 3.05. The van der Waals surface area contributed by atoms with Gasteiger partial charge in [0.05, 0.1) is 24.2 Å². The molecule has 9 heteroatoms. The summed E-state index contributed by atoms with van der Waals surface area (Å²) in [4.78, 5) is 26.3. The van der Waals surface area contributed by atoms with Crippen LogP contribution < -0.4 is 5.73 Å². The molecule has 37 heavy (non-hydrogen) atoms. The third kappa shape index (κ3) is 4.81. The molecule has 0 aliphatic carbocycles. The number of hydrogen-bond donors (Lipinski definition) is 3. The van der Waals surface area contributed by atoms with Crippen molar-refractivity contribution in [2.45, 2.75) is 13.0 Å². The molecule has 4 N–H and O–H groups in total. The molecule has 9 nitrogen and oxygen atoms in total. The van der Waals surface area contributed by atoms with Crippen LogP contribution in [-0.2, 0) is 11.3 Å². The van der Waals surface area contributed by atoms with E-state index < -0.39 is 5.97 Å². The number of carbonyl (C=O) groups excluding carboxylic acids is 1. The largest absolute Gasteiger partial charge is 0.481 e. The van der Waals surface area contributed by atoms with Gasteiger partial charge in [-0.25, -0.2) is 0 Å². The van der Waals surface area contributed by atoms with Crippen molar-refractivity contribution in [1.29, 1.82) is 5.41 Å². The molecular formula is C28H22N6O3. The summed E-state index contributed by atoms with van der Waals surface area (Å²) >= 11 is 0. The first-order valence-electron chi connectivity index (χ1n) is 11.5. The molecule has 182 valence electrons. The zero-order chi connectivity index (χ0) is 25.9. The minimum absolute atomic E-state index is 0.0144. The van der Waals surface area contributed by atoms with Gasteiger partial charge in [0.15, 0.2) is 11.6 Å². The van der Waals surface area contributed by atoms with E-state index >= 15 is 0 Å². The van der Waals surface area contributed by atoms with Gasteiger partial charge in [-0.05, 0) is 30.3 Å². The fourth-order valence-corrected chi connectivity index (χ4v) is 4.13. The number of nitrogens with zero attached hydrogens (tertiary/aromatic N) is 4. The zero-order valence-corrected chi connectivity index (χ0v) is 19.7. The lowest BCUT2D eigenvalue weighted by atomic mass is 10.1. The Morgan fingerprint density at radius 1 is 1.00 bits per heavy atom. The molecule has 0 atom stereocenters. The minimum Gasteiger partial charge on any atom is -0.481 e. The van der Waals surface area contributed by atoms with Crippen molar-refractivity contribution in [3.05, 3.63) is 101 Å². The number of nitrogens with one attached hydrogen (secondary N) is 1. The maximum atomic E-state index is 13.6. The van der Waals surface area contributed by atoms with Crippen LogP contribution in [0, 0.1) is 17.3 Å². The van der Waals surface area contributed by atoms with Gasteiger partial charge in [0, 0.05) is 28.8 Å². The maximum Gasteiger partial charge on any atom is 0.305 e. The van der Waals surface area contributed by atoms with E-state index in [0.29, 0.717) is 34.0 Å². The maximum absolute atomic E-state index is 13.6. The highest BCUT2D eigenvalue weighted by Crippen LogP contribution is 2.30. The van der Waals surface area contributed by atoms with Gasteiger partial charge in [0.1, 0.15) is 5.84 Å². The number of amidine groups is 1. The third-order valence-corrected chi connectivity index (χ3v) is 5.99. The summed E-state index contributed by atoms with van der Waals surface area (Å²) in [6, 6.07) is 21.9. The van der Waals surface area contributed by atoms with Gasteiger partial charge in [0.25, 0.3) is 5.91 Å². The number of amides is 1. The monoisotopic (exact) mass is 490 g/mol. The predicted molar refractivity (Wildman–Crippen MR) is 137 cm³/mol. The van der Waals surface area contributed by atoms with E-state index in [0.717, 1.165) is 11.1 Å². The lowest BCUT2D eigenvalue weighted by molar-refractivity contribution is -0.137. The van der Waals surface area contributed by atoms with E-state index in [1.165, 1.54) is 4.90 Å². The number of nitrogen functional groups attached to an aromatic ring is 1. The summed E-state index contributed by atoms with van der Waals surface area (Å²) < 4.78 is 1.85. The average Bonchev–Trinajstić information content (AvgIpc) is 3.28. The van der Waals surface area contributed by atoms with Crippen LogP contribution in [0.2, 0.25) is 0 Å². The number of fused-ring (bicyclic) bond motifs is 3. The smallest absolute Gasteiger partial charge is 0.305 e. The molecule has 5 rings (SSSR count). The topological polar surface area (TPSA) is 138 Å². The highest BCUT2D eigenvalue weighted by atomic mass is 16.4. The number of hydrogen-bond acceptors (Lipinski definition) is 5. The standard InChI is InChI=1S/C28H22N6O3/c29-26(30)20-11-8-18(9-12-20)6-7-19-10-13-23-22(16-19)28(37)33(15-14-25(35)36)17-24-31-32-27(34(23)24)21-4-2-1-3-5-21/h1-5,8-13,16H,14-15,17H2,(H3,29,30)(H,35,36). The molecule has 0 saturated carbocycles. The number of carboxylic acid groups (broad SMARTS) is 1. The highest BCUT2D eigenvalue weighted by Gasteiger charge is 2.30. The molecule has 1 aromatic heterocycles. The van der Waals surface area contributed by atoms with Gasteiger partial charge in [-0.15, -0.1) is 10.2 Å². The summed E-state index contributed by atoms with van der Waals surface area (Å²) in [7, 11) is 0. The molecule has 3 aromatic carbocycles. The number of aromatic nitrogens is 3. The summed E-state index contributed by atoms with van der Waals surface area (Å²) in [6.45, 7) is 0.170. The first-order chi connectivity index (χ1) is 17.9. The Kier molecular flexibility index (Phi) is 6.22. The number of benzene rings is 3. The molecule has 1 aliphatic heterocycles. The van der Waals surface area contributed by atoms with E-state index in [9.17, 15) is 14.7 Å². The number of rotatable bonds is 5. The van der Waals surface area contributed by atoms with Gasteiger partial charge in [-0.3, -0.25) is 19.6 Å². The van der Waals surface area contributed by atoms with E-state index in [1.807, 2.05) is 47.0 Å². The van der Waals surface area contributed by atoms with E-state index in [2.05, 4.69) is 22.0 Å². The van der Waals surface area contributed by atoms with Crippen LogP contribution in [0.5, 0.6) is 0 Å². The Hall–Kier alpha value is -5.23. The lowest BCUT2D eigenvalue weighted by Crippen LogP contribution is -2.32. The van der Waals surface area contributed by atoms with Gasteiger partial charge in [-0.2, -0.15) is 0 Å². The molecule has 2 heterocycles. The summed E-state index contributed by atoms with van der Waals surface area (Å²) in [5, 5.41) is 25.4. The molecule has 0 radical (unpaired) electrons. The van der Waals surface area contributed by atoms with Crippen molar-refractivity contribution in [3.8, 4) is 28.9 Å². The van der Waals surface area contributed by atoms with Crippen LogP contribution in [0.1, 0.15) is 39.3 Å².